The van der Waals surface area contributed by atoms with Gasteiger partial charge in [-0.05, 0) is 57.6 Å². The van der Waals surface area contributed by atoms with Crippen LogP contribution < -0.4 is 5.32 Å². The Balaban J connectivity index is 2.01. The Morgan fingerprint density at radius 3 is 2.71 bits per heavy atom. The molecule has 0 saturated carbocycles. The van der Waals surface area contributed by atoms with Gasteiger partial charge in [-0.2, -0.15) is 0 Å². The van der Waals surface area contributed by atoms with E-state index in [0.29, 0.717) is 6.42 Å². The van der Waals surface area contributed by atoms with E-state index in [-0.39, 0.29) is 12.3 Å². The molecule has 2 rings (SSSR count). The maximum absolute atomic E-state index is 12.4. The minimum atomic E-state index is -0.833. The minimum absolute atomic E-state index is 0.0637. The van der Waals surface area contributed by atoms with Crippen molar-refractivity contribution in [1.82, 2.24) is 5.32 Å². The zero-order valence-corrected chi connectivity index (χ0v) is 13.5. The molecule has 0 fully saturated rings. The van der Waals surface area contributed by atoms with E-state index < -0.39 is 11.5 Å². The molecule has 0 atom stereocenters. The first-order valence-electron chi connectivity index (χ1n) is 7.53. The third-order valence-corrected chi connectivity index (χ3v) is 5.12. The van der Waals surface area contributed by atoms with Crippen LogP contribution in [0.4, 0.5) is 0 Å². The molecule has 0 aliphatic heterocycles. The van der Waals surface area contributed by atoms with Gasteiger partial charge in [0.1, 0.15) is 0 Å². The lowest BCUT2D eigenvalue weighted by molar-refractivity contribution is -0.137. The van der Waals surface area contributed by atoms with Crippen molar-refractivity contribution in [3.8, 4) is 0 Å². The molecule has 1 amide bonds. The summed E-state index contributed by atoms with van der Waals surface area (Å²) < 4.78 is 0. The second-order valence-corrected chi connectivity index (χ2v) is 7.49. The summed E-state index contributed by atoms with van der Waals surface area (Å²) >= 11 is 1.59. The van der Waals surface area contributed by atoms with Crippen LogP contribution >= 0.6 is 11.3 Å². The Bertz CT molecular complexity index is 510. The van der Waals surface area contributed by atoms with Crippen molar-refractivity contribution in [3.63, 3.8) is 0 Å². The van der Waals surface area contributed by atoms with Crippen LogP contribution in [0.15, 0.2) is 6.07 Å². The van der Waals surface area contributed by atoms with Gasteiger partial charge >= 0.3 is 5.97 Å². The number of carboxylic acids is 1. The van der Waals surface area contributed by atoms with Gasteiger partial charge in [-0.15, -0.1) is 11.3 Å². The zero-order chi connectivity index (χ0) is 15.5. The number of hydrogen-bond acceptors (Lipinski definition) is 3. The molecule has 1 aliphatic rings. The molecule has 1 aromatic rings. The summed E-state index contributed by atoms with van der Waals surface area (Å²) in [6, 6.07) is 2.02. The highest BCUT2D eigenvalue weighted by atomic mass is 32.1. The summed E-state index contributed by atoms with van der Waals surface area (Å²) in [7, 11) is 0. The van der Waals surface area contributed by atoms with Crippen molar-refractivity contribution >= 4 is 23.2 Å². The van der Waals surface area contributed by atoms with E-state index in [0.717, 1.165) is 17.7 Å². The number of carbonyl (C=O) groups excluding carboxylic acids is 1. The molecule has 5 heteroatoms. The van der Waals surface area contributed by atoms with Gasteiger partial charge in [-0.1, -0.05) is 6.42 Å². The van der Waals surface area contributed by atoms with Gasteiger partial charge in [-0.25, -0.2) is 0 Å². The lowest BCUT2D eigenvalue weighted by Gasteiger charge is -2.25. The molecule has 0 unspecified atom stereocenters. The molecule has 0 spiro atoms. The van der Waals surface area contributed by atoms with Crippen LogP contribution in [0.1, 0.15) is 66.1 Å². The van der Waals surface area contributed by atoms with Gasteiger partial charge in [0.05, 0.1) is 4.88 Å². The molecular weight excluding hydrogens is 286 g/mol. The smallest absolute Gasteiger partial charge is 0.303 e. The number of aliphatic carboxylic acids is 1. The Kier molecular flexibility index (Phi) is 5.04. The molecule has 1 heterocycles. The van der Waals surface area contributed by atoms with E-state index in [1.165, 1.54) is 29.7 Å². The van der Waals surface area contributed by atoms with Crippen LogP contribution in [-0.2, 0) is 17.6 Å². The van der Waals surface area contributed by atoms with Crippen LogP contribution in [-0.4, -0.2) is 22.5 Å². The fourth-order valence-electron chi connectivity index (χ4n) is 2.63. The molecule has 116 valence electrons. The number of nitrogens with one attached hydrogen (secondary N) is 1. The van der Waals surface area contributed by atoms with Gasteiger partial charge in [0.25, 0.3) is 5.91 Å². The maximum atomic E-state index is 12.4. The first-order valence-corrected chi connectivity index (χ1v) is 8.35. The summed E-state index contributed by atoms with van der Waals surface area (Å²) in [6.07, 6.45) is 6.32. The summed E-state index contributed by atoms with van der Waals surface area (Å²) in [5.74, 6) is -0.913. The number of rotatable bonds is 5. The topological polar surface area (TPSA) is 66.4 Å². The summed E-state index contributed by atoms with van der Waals surface area (Å²) in [6.45, 7) is 3.73. The highest BCUT2D eigenvalue weighted by Gasteiger charge is 2.24. The number of amides is 1. The van der Waals surface area contributed by atoms with Gasteiger partial charge in [-0.3, -0.25) is 9.59 Å². The molecule has 2 N–H and O–H groups in total. The first kappa shape index (κ1) is 16.0. The monoisotopic (exact) mass is 309 g/mol. The highest BCUT2D eigenvalue weighted by Crippen LogP contribution is 2.29. The number of aryl methyl sites for hydroxylation is 2. The van der Waals surface area contributed by atoms with E-state index in [2.05, 4.69) is 5.32 Å². The third kappa shape index (κ3) is 4.56. The second-order valence-electron chi connectivity index (χ2n) is 6.35. The largest absolute Gasteiger partial charge is 0.481 e. The predicted octanol–water partition coefficient (Wildman–Crippen LogP) is 3.39. The Labute approximate surface area is 129 Å². The van der Waals surface area contributed by atoms with Crippen LogP contribution in [0, 0.1) is 0 Å². The van der Waals surface area contributed by atoms with E-state index >= 15 is 0 Å². The SMILES string of the molecule is CC(C)(CCC(=O)O)NC(=O)c1cc2c(s1)CCCCC2. The van der Waals surface area contributed by atoms with Gasteiger partial charge in [0, 0.05) is 16.8 Å². The summed E-state index contributed by atoms with van der Waals surface area (Å²) in [4.78, 5) is 25.1. The number of fused-ring (bicyclic) bond motifs is 1. The zero-order valence-electron chi connectivity index (χ0n) is 12.7. The van der Waals surface area contributed by atoms with Crippen molar-refractivity contribution in [2.45, 2.75) is 64.3 Å². The van der Waals surface area contributed by atoms with E-state index in [4.69, 9.17) is 5.11 Å². The molecule has 0 bridgehead atoms. The summed E-state index contributed by atoms with van der Waals surface area (Å²) in [5, 5.41) is 11.7. The average molecular weight is 309 g/mol. The maximum Gasteiger partial charge on any atom is 0.303 e. The van der Waals surface area contributed by atoms with Crippen LogP contribution in [0.3, 0.4) is 0 Å². The van der Waals surface area contributed by atoms with Gasteiger partial charge < -0.3 is 10.4 Å². The number of carboxylic acid groups (broad SMARTS) is 1. The van der Waals surface area contributed by atoms with Crippen molar-refractivity contribution < 1.29 is 14.7 Å². The first-order chi connectivity index (χ1) is 9.87. The molecule has 0 saturated heterocycles. The normalized spacial score (nSPS) is 15.1. The minimum Gasteiger partial charge on any atom is -0.481 e. The molecule has 1 aliphatic carbocycles. The number of hydrogen-bond donors (Lipinski definition) is 2. The van der Waals surface area contributed by atoms with Crippen molar-refractivity contribution in [1.29, 1.82) is 0 Å². The molecular formula is C16H23NO3S. The highest BCUT2D eigenvalue weighted by molar-refractivity contribution is 7.14. The Hall–Kier alpha value is -1.36. The van der Waals surface area contributed by atoms with Crippen LogP contribution in [0.25, 0.3) is 0 Å². The fourth-order valence-corrected chi connectivity index (χ4v) is 3.78. The number of carbonyl (C=O) groups is 2. The van der Waals surface area contributed by atoms with Crippen LogP contribution in [0.5, 0.6) is 0 Å². The predicted molar refractivity (Wildman–Crippen MR) is 84.0 cm³/mol. The fraction of sp³-hybridized carbons (Fsp3) is 0.625. The molecule has 1 aromatic heterocycles. The lowest BCUT2D eigenvalue weighted by Crippen LogP contribution is -2.43. The van der Waals surface area contributed by atoms with Crippen LogP contribution in [0.2, 0.25) is 0 Å². The Morgan fingerprint density at radius 1 is 1.29 bits per heavy atom. The van der Waals surface area contributed by atoms with Gasteiger partial charge in [0.15, 0.2) is 0 Å². The molecule has 0 radical (unpaired) electrons. The van der Waals surface area contributed by atoms with E-state index in [9.17, 15) is 9.59 Å². The molecule has 0 aromatic carbocycles. The van der Waals surface area contributed by atoms with Crippen molar-refractivity contribution in [3.05, 3.63) is 21.4 Å². The third-order valence-electron chi connectivity index (χ3n) is 3.89. The van der Waals surface area contributed by atoms with E-state index in [1.807, 2.05) is 19.9 Å². The van der Waals surface area contributed by atoms with Gasteiger partial charge in [0.2, 0.25) is 0 Å². The molecule has 21 heavy (non-hydrogen) atoms. The molecule has 4 nitrogen and oxygen atoms in total. The lowest BCUT2D eigenvalue weighted by atomic mass is 9.98. The quantitative estimate of drug-likeness (QED) is 0.819. The standard InChI is InChI=1S/C16H23NO3S/c1-16(2,9-8-14(18)19)17-15(20)13-10-11-6-4-3-5-7-12(11)21-13/h10H,3-9H2,1-2H3,(H,17,20)(H,18,19). The van der Waals surface area contributed by atoms with Crippen molar-refractivity contribution in [2.75, 3.05) is 0 Å². The van der Waals surface area contributed by atoms with Crippen molar-refractivity contribution in [2.24, 2.45) is 0 Å². The van der Waals surface area contributed by atoms with E-state index in [1.54, 1.807) is 11.3 Å². The number of thiophene rings is 1. The second kappa shape index (κ2) is 6.60. The average Bonchev–Trinajstić information content (AvgIpc) is 2.68. The Morgan fingerprint density at radius 2 is 2.00 bits per heavy atom. The summed E-state index contributed by atoms with van der Waals surface area (Å²) in [5.41, 5.74) is 0.822.